The summed E-state index contributed by atoms with van der Waals surface area (Å²) < 4.78 is 39.7. The van der Waals surface area contributed by atoms with Crippen LogP contribution >= 0.6 is 0 Å². The number of halogens is 3. The van der Waals surface area contributed by atoms with E-state index in [0.717, 1.165) is 24.1 Å². The molecule has 0 aliphatic rings. The van der Waals surface area contributed by atoms with Crippen molar-refractivity contribution in [3.8, 4) is 0 Å². The van der Waals surface area contributed by atoms with Crippen molar-refractivity contribution in [1.82, 2.24) is 0 Å². The fraction of sp³-hybridized carbons (Fsp3) is 0.235. The predicted molar refractivity (Wildman–Crippen MR) is 74.7 cm³/mol. The molecule has 0 aliphatic heterocycles. The van der Waals surface area contributed by atoms with Gasteiger partial charge in [0.15, 0.2) is 23.2 Å². The monoisotopic (exact) mass is 292 g/mol. The second-order valence-electron chi connectivity index (χ2n) is 5.35. The van der Waals surface area contributed by atoms with Crippen molar-refractivity contribution in [2.75, 3.05) is 0 Å². The Bertz CT molecular complexity index is 660. The Kier molecular flexibility index (Phi) is 4.46. The van der Waals surface area contributed by atoms with Crippen molar-refractivity contribution in [3.05, 3.63) is 70.5 Å². The van der Waals surface area contributed by atoms with Gasteiger partial charge in [0.25, 0.3) is 0 Å². The van der Waals surface area contributed by atoms with Gasteiger partial charge in [-0.25, -0.2) is 13.2 Å². The molecular weight excluding hydrogens is 277 g/mol. The first-order chi connectivity index (χ1) is 9.90. The minimum absolute atomic E-state index is 0.243. The molecule has 0 heterocycles. The van der Waals surface area contributed by atoms with E-state index < -0.39 is 28.8 Å². The third kappa shape index (κ3) is 3.32. The van der Waals surface area contributed by atoms with E-state index in [-0.39, 0.29) is 5.56 Å². The van der Waals surface area contributed by atoms with Gasteiger partial charge in [0.1, 0.15) is 0 Å². The van der Waals surface area contributed by atoms with E-state index in [1.807, 2.05) is 0 Å². The van der Waals surface area contributed by atoms with Gasteiger partial charge in [-0.2, -0.15) is 0 Å². The number of ketones is 1. The lowest BCUT2D eigenvalue weighted by atomic mass is 9.98. The van der Waals surface area contributed by atoms with Crippen LogP contribution in [-0.2, 0) is 6.42 Å². The van der Waals surface area contributed by atoms with Gasteiger partial charge in [0, 0.05) is 5.56 Å². The number of hydrogen-bond acceptors (Lipinski definition) is 1. The summed E-state index contributed by atoms with van der Waals surface area (Å²) in [5.41, 5.74) is 0.838. The zero-order valence-corrected chi connectivity index (χ0v) is 11.8. The van der Waals surface area contributed by atoms with Crippen LogP contribution in [0.15, 0.2) is 36.4 Å². The minimum Gasteiger partial charge on any atom is -0.288 e. The second kappa shape index (κ2) is 6.12. The lowest BCUT2D eigenvalue weighted by molar-refractivity contribution is 0.103. The van der Waals surface area contributed by atoms with Crippen molar-refractivity contribution in [2.45, 2.75) is 20.3 Å². The summed E-state index contributed by atoms with van der Waals surface area (Å²) in [5.74, 6) is -4.57. The second-order valence-corrected chi connectivity index (χ2v) is 5.35. The first-order valence-corrected chi connectivity index (χ1v) is 6.67. The Labute approximate surface area is 121 Å². The molecule has 0 radical (unpaired) electrons. The summed E-state index contributed by atoms with van der Waals surface area (Å²) in [4.78, 5) is 12.1. The number of hydrogen-bond donors (Lipinski definition) is 0. The fourth-order valence-corrected chi connectivity index (χ4v) is 2.12. The molecule has 2 aromatic rings. The summed E-state index contributed by atoms with van der Waals surface area (Å²) in [7, 11) is 0. The summed E-state index contributed by atoms with van der Waals surface area (Å²) >= 11 is 0. The molecule has 0 N–H and O–H groups in total. The van der Waals surface area contributed by atoms with Crippen molar-refractivity contribution in [1.29, 1.82) is 0 Å². The quantitative estimate of drug-likeness (QED) is 0.597. The van der Waals surface area contributed by atoms with Gasteiger partial charge in [0.2, 0.25) is 0 Å². The highest BCUT2D eigenvalue weighted by atomic mass is 19.2. The van der Waals surface area contributed by atoms with E-state index in [9.17, 15) is 18.0 Å². The van der Waals surface area contributed by atoms with Gasteiger partial charge in [-0.3, -0.25) is 4.79 Å². The average Bonchev–Trinajstić information content (AvgIpc) is 2.44. The smallest absolute Gasteiger partial charge is 0.196 e. The Morgan fingerprint density at radius 1 is 0.952 bits per heavy atom. The average molecular weight is 292 g/mol. The molecule has 110 valence electrons. The molecule has 0 aliphatic carbocycles. The highest BCUT2D eigenvalue weighted by molar-refractivity contribution is 6.09. The van der Waals surface area contributed by atoms with E-state index in [1.165, 1.54) is 0 Å². The van der Waals surface area contributed by atoms with Crippen LogP contribution in [0.25, 0.3) is 0 Å². The molecule has 0 spiro atoms. The number of benzene rings is 2. The number of carbonyl (C=O) groups is 1. The van der Waals surface area contributed by atoms with Gasteiger partial charge in [-0.05, 0) is 30.0 Å². The zero-order valence-electron chi connectivity index (χ0n) is 11.8. The molecule has 4 heteroatoms. The summed E-state index contributed by atoms with van der Waals surface area (Å²) in [6.45, 7) is 4.16. The molecular formula is C17H15F3O. The molecule has 0 aromatic heterocycles. The maximum Gasteiger partial charge on any atom is 0.196 e. The van der Waals surface area contributed by atoms with Crippen LogP contribution in [0.2, 0.25) is 0 Å². The molecule has 0 fully saturated rings. The fourth-order valence-electron chi connectivity index (χ4n) is 2.12. The molecule has 0 saturated carbocycles. The standard InChI is InChI=1S/C17H15F3O/c1-10(2)9-11-3-5-12(6-4-11)17(21)13-7-8-14(18)16(20)15(13)19/h3-8,10H,9H2,1-2H3. The van der Waals surface area contributed by atoms with Crippen molar-refractivity contribution in [3.63, 3.8) is 0 Å². The Hall–Kier alpha value is -2.10. The van der Waals surface area contributed by atoms with Crippen molar-refractivity contribution in [2.24, 2.45) is 5.92 Å². The van der Waals surface area contributed by atoms with Crippen LogP contribution in [0.3, 0.4) is 0 Å². The van der Waals surface area contributed by atoms with Crippen molar-refractivity contribution >= 4 is 5.78 Å². The molecule has 0 atom stereocenters. The normalized spacial score (nSPS) is 11.0. The Morgan fingerprint density at radius 2 is 1.57 bits per heavy atom. The van der Waals surface area contributed by atoms with Gasteiger partial charge in [-0.15, -0.1) is 0 Å². The minimum atomic E-state index is -1.63. The van der Waals surface area contributed by atoms with Crippen LogP contribution in [0, 0.1) is 23.4 Å². The highest BCUT2D eigenvalue weighted by Gasteiger charge is 2.19. The van der Waals surface area contributed by atoms with Crippen LogP contribution in [0.4, 0.5) is 13.2 Å². The van der Waals surface area contributed by atoms with Crippen LogP contribution in [0.5, 0.6) is 0 Å². The van der Waals surface area contributed by atoms with Gasteiger partial charge in [-0.1, -0.05) is 38.1 Å². The van der Waals surface area contributed by atoms with Crippen LogP contribution < -0.4 is 0 Å². The van der Waals surface area contributed by atoms with E-state index in [1.54, 1.807) is 24.3 Å². The summed E-state index contributed by atoms with van der Waals surface area (Å²) in [5, 5.41) is 0. The molecule has 2 rings (SSSR count). The third-order valence-corrected chi connectivity index (χ3v) is 3.14. The van der Waals surface area contributed by atoms with E-state index in [4.69, 9.17) is 0 Å². The molecule has 0 unspecified atom stereocenters. The largest absolute Gasteiger partial charge is 0.288 e. The maximum absolute atomic E-state index is 13.6. The Balaban J connectivity index is 2.30. The zero-order chi connectivity index (χ0) is 15.6. The van der Waals surface area contributed by atoms with Gasteiger partial charge >= 0.3 is 0 Å². The van der Waals surface area contributed by atoms with Crippen LogP contribution in [0.1, 0.15) is 35.3 Å². The lowest BCUT2D eigenvalue weighted by Crippen LogP contribution is -2.07. The third-order valence-electron chi connectivity index (χ3n) is 3.14. The van der Waals surface area contributed by atoms with Crippen LogP contribution in [-0.4, -0.2) is 5.78 Å². The molecule has 0 saturated heterocycles. The van der Waals surface area contributed by atoms with E-state index in [0.29, 0.717) is 5.92 Å². The lowest BCUT2D eigenvalue weighted by Gasteiger charge is -2.07. The molecule has 21 heavy (non-hydrogen) atoms. The maximum atomic E-state index is 13.6. The first-order valence-electron chi connectivity index (χ1n) is 6.67. The molecule has 0 bridgehead atoms. The van der Waals surface area contributed by atoms with Gasteiger partial charge < -0.3 is 0 Å². The highest BCUT2D eigenvalue weighted by Crippen LogP contribution is 2.19. The number of rotatable bonds is 4. The van der Waals surface area contributed by atoms with E-state index >= 15 is 0 Å². The molecule has 1 nitrogen and oxygen atoms in total. The van der Waals surface area contributed by atoms with Gasteiger partial charge in [0.05, 0.1) is 5.56 Å². The molecule has 2 aromatic carbocycles. The van der Waals surface area contributed by atoms with Crippen molar-refractivity contribution < 1.29 is 18.0 Å². The topological polar surface area (TPSA) is 17.1 Å². The first kappa shape index (κ1) is 15.3. The SMILES string of the molecule is CC(C)Cc1ccc(C(=O)c2ccc(F)c(F)c2F)cc1. The summed E-state index contributed by atoms with van der Waals surface area (Å²) in [6, 6.07) is 8.41. The number of carbonyl (C=O) groups excluding carboxylic acids is 1. The summed E-state index contributed by atoms with van der Waals surface area (Å²) in [6.07, 6.45) is 0.869. The Morgan fingerprint density at radius 3 is 2.14 bits per heavy atom. The molecule has 0 amide bonds. The predicted octanol–water partition coefficient (Wildman–Crippen LogP) is 4.53. The van der Waals surface area contributed by atoms with E-state index in [2.05, 4.69) is 13.8 Å².